The number of aromatic amines is 1. The Morgan fingerprint density at radius 3 is 2.63 bits per heavy atom. The molecule has 0 saturated carbocycles. The molecule has 0 unspecified atom stereocenters. The molecule has 2 N–H and O–H groups in total. The van der Waals surface area contributed by atoms with Crippen molar-refractivity contribution in [1.29, 1.82) is 0 Å². The number of nitrogens with one attached hydrogen (secondary N) is 1. The molecule has 1 heterocycles. The van der Waals surface area contributed by atoms with Gasteiger partial charge in [-0.15, -0.1) is 0 Å². The van der Waals surface area contributed by atoms with Crippen LogP contribution in [0.15, 0.2) is 46.3 Å². The van der Waals surface area contributed by atoms with Gasteiger partial charge < -0.3 is 10.1 Å². The summed E-state index contributed by atoms with van der Waals surface area (Å²) in [7, 11) is 0. The van der Waals surface area contributed by atoms with Crippen molar-refractivity contribution in [3.8, 4) is 0 Å². The van der Waals surface area contributed by atoms with Gasteiger partial charge in [0.05, 0.1) is 0 Å². The molecule has 5 nitrogen and oxygen atoms in total. The second kappa shape index (κ2) is 5.71. The maximum absolute atomic E-state index is 11.3. The van der Waals surface area contributed by atoms with Gasteiger partial charge in [0.15, 0.2) is 5.16 Å². The topological polar surface area (TPSA) is 83.0 Å². The first kappa shape index (κ1) is 13.4. The molecular formula is C13H12N2O3S. The minimum absolute atomic E-state index is 0.285. The number of aryl methyl sites for hydroxylation is 1. The molecule has 0 spiro atoms. The standard InChI is InChI=1S/C13H12N2O3S/c1-8-7-10(16)15-13(14-8)19-11(12(17)18)9-5-3-2-4-6-9/h2-7,11H,1H3,(H,17,18)(H,14,15,16)/t11-/m0/s1. The Morgan fingerprint density at radius 1 is 1.37 bits per heavy atom. The zero-order chi connectivity index (χ0) is 13.8. The van der Waals surface area contributed by atoms with Crippen molar-refractivity contribution in [3.05, 3.63) is 58.0 Å². The number of nitrogens with zero attached hydrogens (tertiary/aromatic N) is 1. The zero-order valence-corrected chi connectivity index (χ0v) is 11.0. The number of hydrogen-bond acceptors (Lipinski definition) is 4. The van der Waals surface area contributed by atoms with Crippen molar-refractivity contribution >= 4 is 17.7 Å². The van der Waals surface area contributed by atoms with Crippen molar-refractivity contribution in [3.63, 3.8) is 0 Å². The lowest BCUT2D eigenvalue weighted by atomic mass is 10.1. The fourth-order valence-electron chi connectivity index (χ4n) is 1.61. The Kier molecular flexibility index (Phi) is 4.01. The van der Waals surface area contributed by atoms with Crippen LogP contribution in [0, 0.1) is 6.92 Å². The lowest BCUT2D eigenvalue weighted by molar-refractivity contribution is -0.136. The molecule has 0 aliphatic heterocycles. The van der Waals surface area contributed by atoms with Crippen molar-refractivity contribution in [2.75, 3.05) is 0 Å². The van der Waals surface area contributed by atoms with E-state index in [1.165, 1.54) is 6.07 Å². The highest BCUT2D eigenvalue weighted by atomic mass is 32.2. The molecule has 0 fully saturated rings. The summed E-state index contributed by atoms with van der Waals surface area (Å²) in [6.45, 7) is 1.69. The van der Waals surface area contributed by atoms with Crippen LogP contribution < -0.4 is 5.56 Å². The first-order valence-corrected chi connectivity index (χ1v) is 6.46. The van der Waals surface area contributed by atoms with Gasteiger partial charge in [0, 0.05) is 11.8 Å². The van der Waals surface area contributed by atoms with E-state index in [4.69, 9.17) is 0 Å². The number of benzene rings is 1. The molecule has 6 heteroatoms. The molecular weight excluding hydrogens is 264 g/mol. The maximum Gasteiger partial charge on any atom is 0.321 e. The molecule has 1 atom stereocenters. The minimum Gasteiger partial charge on any atom is -0.480 e. The second-order valence-corrected chi connectivity index (χ2v) is 5.03. The van der Waals surface area contributed by atoms with Crippen LogP contribution in [0.1, 0.15) is 16.5 Å². The predicted molar refractivity (Wildman–Crippen MR) is 72.3 cm³/mol. The molecule has 2 rings (SSSR count). The van der Waals surface area contributed by atoms with Gasteiger partial charge in [0.1, 0.15) is 5.25 Å². The molecule has 0 amide bonds. The Bertz CT molecular complexity index is 640. The van der Waals surface area contributed by atoms with Crippen LogP contribution in [-0.2, 0) is 4.79 Å². The molecule has 0 aliphatic carbocycles. The van der Waals surface area contributed by atoms with Gasteiger partial charge in [0.25, 0.3) is 5.56 Å². The summed E-state index contributed by atoms with van der Waals surface area (Å²) >= 11 is 1.01. The first-order valence-electron chi connectivity index (χ1n) is 5.58. The number of aromatic nitrogens is 2. The Hall–Kier alpha value is -2.08. The lowest BCUT2D eigenvalue weighted by Gasteiger charge is -2.11. The van der Waals surface area contributed by atoms with Crippen molar-refractivity contribution in [2.24, 2.45) is 0 Å². The van der Waals surface area contributed by atoms with Gasteiger partial charge in [-0.3, -0.25) is 9.59 Å². The number of carboxylic acid groups (broad SMARTS) is 1. The lowest BCUT2D eigenvalue weighted by Crippen LogP contribution is -2.12. The Labute approximate surface area is 113 Å². The number of rotatable bonds is 4. The van der Waals surface area contributed by atoms with Gasteiger partial charge in [-0.25, -0.2) is 4.98 Å². The third-order valence-corrected chi connectivity index (χ3v) is 3.53. The molecule has 19 heavy (non-hydrogen) atoms. The van der Waals surface area contributed by atoms with Crippen molar-refractivity contribution < 1.29 is 9.90 Å². The summed E-state index contributed by atoms with van der Waals surface area (Å²) < 4.78 is 0. The van der Waals surface area contributed by atoms with Crippen LogP contribution in [0.2, 0.25) is 0 Å². The van der Waals surface area contributed by atoms with E-state index in [9.17, 15) is 14.7 Å². The predicted octanol–water partition coefficient (Wildman–Crippen LogP) is 2.00. The van der Waals surface area contributed by atoms with Crippen LogP contribution in [-0.4, -0.2) is 21.0 Å². The van der Waals surface area contributed by atoms with E-state index in [-0.39, 0.29) is 5.56 Å². The van der Waals surface area contributed by atoms with Crippen LogP contribution in [0.3, 0.4) is 0 Å². The average Bonchev–Trinajstić information content (AvgIpc) is 2.35. The summed E-state index contributed by atoms with van der Waals surface area (Å²) in [5, 5.41) is 8.79. The summed E-state index contributed by atoms with van der Waals surface area (Å²) in [6.07, 6.45) is 0. The summed E-state index contributed by atoms with van der Waals surface area (Å²) in [4.78, 5) is 29.3. The normalized spacial score (nSPS) is 12.1. The number of carboxylic acids is 1. The molecule has 0 bridgehead atoms. The van der Waals surface area contributed by atoms with Crippen molar-refractivity contribution in [2.45, 2.75) is 17.3 Å². The maximum atomic E-state index is 11.3. The monoisotopic (exact) mass is 276 g/mol. The van der Waals surface area contributed by atoms with Gasteiger partial charge in [-0.1, -0.05) is 42.1 Å². The van der Waals surface area contributed by atoms with E-state index in [0.717, 1.165) is 11.8 Å². The largest absolute Gasteiger partial charge is 0.480 e. The summed E-state index contributed by atoms with van der Waals surface area (Å²) in [5.41, 5.74) is 0.930. The number of aliphatic carboxylic acids is 1. The van der Waals surface area contributed by atoms with E-state index in [2.05, 4.69) is 9.97 Å². The van der Waals surface area contributed by atoms with Gasteiger partial charge in [-0.2, -0.15) is 0 Å². The number of carbonyl (C=O) groups is 1. The van der Waals surface area contributed by atoms with E-state index in [1.807, 2.05) is 6.07 Å². The molecule has 2 aromatic rings. The molecule has 0 aliphatic rings. The van der Waals surface area contributed by atoms with Gasteiger partial charge >= 0.3 is 5.97 Å². The quantitative estimate of drug-likeness (QED) is 0.659. The highest BCUT2D eigenvalue weighted by Crippen LogP contribution is 2.32. The number of thioether (sulfide) groups is 1. The molecule has 1 aromatic heterocycles. The number of H-pyrrole nitrogens is 1. The summed E-state index contributed by atoms with van der Waals surface area (Å²) in [5.74, 6) is -0.972. The third-order valence-electron chi connectivity index (χ3n) is 2.40. The zero-order valence-electron chi connectivity index (χ0n) is 10.2. The Balaban J connectivity index is 2.32. The third kappa shape index (κ3) is 3.45. The van der Waals surface area contributed by atoms with E-state index >= 15 is 0 Å². The fraction of sp³-hybridized carbons (Fsp3) is 0.154. The van der Waals surface area contributed by atoms with Crippen LogP contribution in [0.5, 0.6) is 0 Å². The van der Waals surface area contributed by atoms with Crippen molar-refractivity contribution in [1.82, 2.24) is 9.97 Å². The minimum atomic E-state index is -0.972. The fourth-order valence-corrected chi connectivity index (χ4v) is 2.58. The molecule has 0 saturated heterocycles. The van der Waals surface area contributed by atoms with Crippen LogP contribution in [0.4, 0.5) is 0 Å². The van der Waals surface area contributed by atoms with E-state index < -0.39 is 11.2 Å². The van der Waals surface area contributed by atoms with Crippen LogP contribution in [0.25, 0.3) is 0 Å². The Morgan fingerprint density at radius 2 is 2.05 bits per heavy atom. The molecule has 0 radical (unpaired) electrons. The van der Waals surface area contributed by atoms with E-state index in [1.54, 1.807) is 31.2 Å². The van der Waals surface area contributed by atoms with Gasteiger partial charge in [0.2, 0.25) is 0 Å². The van der Waals surface area contributed by atoms with Crippen LogP contribution >= 0.6 is 11.8 Å². The average molecular weight is 276 g/mol. The van der Waals surface area contributed by atoms with Gasteiger partial charge in [-0.05, 0) is 12.5 Å². The first-order chi connectivity index (χ1) is 9.06. The highest BCUT2D eigenvalue weighted by Gasteiger charge is 2.22. The molecule has 1 aromatic carbocycles. The van der Waals surface area contributed by atoms with E-state index in [0.29, 0.717) is 16.4 Å². The molecule has 98 valence electrons. The second-order valence-electron chi connectivity index (χ2n) is 3.94. The highest BCUT2D eigenvalue weighted by molar-refractivity contribution is 8.00. The summed E-state index contributed by atoms with van der Waals surface area (Å²) in [6, 6.07) is 10.2. The number of hydrogen-bond donors (Lipinski definition) is 2. The smallest absolute Gasteiger partial charge is 0.321 e. The SMILES string of the molecule is Cc1cc(=O)[nH]c(S[C@H](C(=O)O)c2ccccc2)n1.